The number of aromatic nitrogens is 1. The number of pyridine rings is 1. The van der Waals surface area contributed by atoms with Gasteiger partial charge >= 0.3 is 0 Å². The van der Waals surface area contributed by atoms with Gasteiger partial charge in [0.15, 0.2) is 0 Å². The lowest BCUT2D eigenvalue weighted by Crippen LogP contribution is -2.24. The summed E-state index contributed by atoms with van der Waals surface area (Å²) < 4.78 is 32.3. The molecule has 0 atom stereocenters. The van der Waals surface area contributed by atoms with Crippen LogP contribution in [0.15, 0.2) is 54.1 Å². The van der Waals surface area contributed by atoms with Gasteiger partial charge in [0, 0.05) is 17.5 Å². The Morgan fingerprint density at radius 3 is 2.70 bits per heavy atom. The molecule has 2 N–H and O–H groups in total. The van der Waals surface area contributed by atoms with E-state index in [1.54, 1.807) is 6.07 Å². The van der Waals surface area contributed by atoms with E-state index in [-0.39, 0.29) is 0 Å². The first kappa shape index (κ1) is 23.5. The van der Waals surface area contributed by atoms with Gasteiger partial charge in [-0.25, -0.2) is 8.42 Å². The number of halogens is 1. The van der Waals surface area contributed by atoms with Gasteiger partial charge < -0.3 is 10.1 Å². The van der Waals surface area contributed by atoms with Crippen LogP contribution >= 0.6 is 11.6 Å². The minimum absolute atomic E-state index is 0.369. The number of hydrogen-bond donors (Lipinski definition) is 2. The first-order chi connectivity index (χ1) is 15.8. The maximum Gasteiger partial charge on any atom is 0.229 e. The van der Waals surface area contributed by atoms with Crippen molar-refractivity contribution in [2.45, 2.75) is 26.2 Å². The Hall–Kier alpha value is -2.61. The molecule has 174 valence electrons. The summed E-state index contributed by atoms with van der Waals surface area (Å²) in [6, 6.07) is 15.4. The molecular formula is C25H28ClN3O3S. The van der Waals surface area contributed by atoms with Crippen LogP contribution in [0, 0.1) is 6.92 Å². The van der Waals surface area contributed by atoms with Crippen molar-refractivity contribution < 1.29 is 13.2 Å². The average molecular weight is 486 g/mol. The van der Waals surface area contributed by atoms with Crippen LogP contribution < -0.4 is 14.8 Å². The third kappa shape index (κ3) is 6.05. The molecule has 1 aromatic heterocycles. The summed E-state index contributed by atoms with van der Waals surface area (Å²) in [6.45, 7) is 4.33. The van der Waals surface area contributed by atoms with Crippen molar-refractivity contribution in [3.05, 3.63) is 70.4 Å². The van der Waals surface area contributed by atoms with Crippen molar-refractivity contribution in [2.75, 3.05) is 30.7 Å². The zero-order chi connectivity index (χ0) is 23.4. The fourth-order valence-electron chi connectivity index (χ4n) is 4.16. The van der Waals surface area contributed by atoms with Crippen LogP contribution in [-0.4, -0.2) is 39.4 Å². The third-order valence-corrected chi connectivity index (χ3v) is 6.61. The molecule has 0 unspecified atom stereocenters. The highest BCUT2D eigenvalue weighted by molar-refractivity contribution is 7.92. The summed E-state index contributed by atoms with van der Waals surface area (Å²) in [6.07, 6.45) is 3.72. The van der Waals surface area contributed by atoms with Crippen molar-refractivity contribution in [3.8, 4) is 5.75 Å². The first-order valence-corrected chi connectivity index (χ1v) is 13.3. The standard InChI is InChI=1S/C25H28ClN3O3S/c1-17-6-8-21-23(28-17)4-3-5-25(21)32-15-12-20(18-10-13-27-14-11-18)19-7-9-22(26)24(16-19)29-33(2,30)31/h3-9,16,27,29H,10-15H2,1-2H3. The second kappa shape index (κ2) is 10.1. The van der Waals surface area contributed by atoms with Gasteiger partial charge in [0.1, 0.15) is 5.75 Å². The van der Waals surface area contributed by atoms with Gasteiger partial charge in [-0.3, -0.25) is 9.71 Å². The molecule has 0 radical (unpaired) electrons. The van der Waals surface area contributed by atoms with Crippen molar-refractivity contribution >= 4 is 43.8 Å². The number of benzene rings is 2. The largest absolute Gasteiger partial charge is 0.493 e. The topological polar surface area (TPSA) is 80.3 Å². The molecule has 3 aromatic rings. The lowest BCUT2D eigenvalue weighted by atomic mass is 9.91. The number of hydrogen-bond acceptors (Lipinski definition) is 5. The highest BCUT2D eigenvalue weighted by Crippen LogP contribution is 2.33. The van der Waals surface area contributed by atoms with Crippen LogP contribution in [0.5, 0.6) is 5.75 Å². The van der Waals surface area contributed by atoms with Gasteiger partial charge in [0.05, 0.1) is 29.1 Å². The molecular weight excluding hydrogens is 458 g/mol. The van der Waals surface area contributed by atoms with Crippen molar-refractivity contribution in [1.29, 1.82) is 0 Å². The molecule has 0 spiro atoms. The first-order valence-electron chi connectivity index (χ1n) is 11.0. The Bertz CT molecular complexity index is 1300. The molecule has 2 heterocycles. The molecule has 1 fully saturated rings. The highest BCUT2D eigenvalue weighted by Gasteiger charge is 2.16. The van der Waals surface area contributed by atoms with Gasteiger partial charge in [-0.1, -0.05) is 29.3 Å². The number of ether oxygens (including phenoxy) is 1. The Morgan fingerprint density at radius 1 is 1.15 bits per heavy atom. The molecule has 0 aliphatic carbocycles. The number of piperidine rings is 1. The van der Waals surface area contributed by atoms with Crippen molar-refractivity contribution in [2.24, 2.45) is 0 Å². The number of nitrogens with one attached hydrogen (secondary N) is 2. The molecule has 4 rings (SSSR count). The molecule has 1 aliphatic rings. The summed E-state index contributed by atoms with van der Waals surface area (Å²) in [4.78, 5) is 4.58. The fourth-order valence-corrected chi connectivity index (χ4v) is 4.95. The zero-order valence-corrected chi connectivity index (χ0v) is 20.4. The van der Waals surface area contributed by atoms with Crippen LogP contribution in [0.25, 0.3) is 16.5 Å². The summed E-state index contributed by atoms with van der Waals surface area (Å²) in [5.74, 6) is 0.810. The normalized spacial score (nSPS) is 14.3. The summed E-state index contributed by atoms with van der Waals surface area (Å²) >= 11 is 6.26. The van der Waals surface area contributed by atoms with Crippen molar-refractivity contribution in [3.63, 3.8) is 0 Å². The number of aryl methyl sites for hydroxylation is 1. The summed E-state index contributed by atoms with van der Waals surface area (Å²) in [7, 11) is -3.44. The van der Waals surface area contributed by atoms with E-state index in [9.17, 15) is 8.42 Å². The average Bonchev–Trinajstić information content (AvgIpc) is 2.78. The van der Waals surface area contributed by atoms with E-state index in [1.807, 2.05) is 49.4 Å². The molecule has 33 heavy (non-hydrogen) atoms. The van der Waals surface area contributed by atoms with Gasteiger partial charge in [-0.05, 0) is 80.4 Å². The monoisotopic (exact) mass is 485 g/mol. The van der Waals surface area contributed by atoms with E-state index >= 15 is 0 Å². The zero-order valence-electron chi connectivity index (χ0n) is 18.8. The molecule has 1 saturated heterocycles. The molecule has 1 aliphatic heterocycles. The minimum Gasteiger partial charge on any atom is -0.493 e. The maximum atomic E-state index is 11.8. The number of nitrogens with zero attached hydrogens (tertiary/aromatic N) is 1. The second-order valence-corrected chi connectivity index (χ2v) is 10.4. The predicted octanol–water partition coefficient (Wildman–Crippen LogP) is 5.17. The van der Waals surface area contributed by atoms with Gasteiger partial charge in [-0.2, -0.15) is 0 Å². The van der Waals surface area contributed by atoms with E-state index in [0.717, 1.165) is 60.1 Å². The van der Waals surface area contributed by atoms with Crippen LogP contribution in [0.3, 0.4) is 0 Å². The molecule has 0 saturated carbocycles. The molecule has 6 nitrogen and oxygen atoms in total. The third-order valence-electron chi connectivity index (χ3n) is 5.68. The SMILES string of the molecule is Cc1ccc2c(OCCC(=C3CCNCC3)c3ccc(Cl)c(NS(C)(=O)=O)c3)cccc2n1. The lowest BCUT2D eigenvalue weighted by Gasteiger charge is -2.22. The highest BCUT2D eigenvalue weighted by atomic mass is 35.5. The van der Waals surface area contributed by atoms with Gasteiger partial charge in [0.2, 0.25) is 10.0 Å². The summed E-state index contributed by atoms with van der Waals surface area (Å²) in [5, 5.41) is 4.75. The Kier molecular flexibility index (Phi) is 7.22. The number of anilines is 1. The molecule has 8 heteroatoms. The molecule has 0 bridgehead atoms. The van der Waals surface area contributed by atoms with E-state index in [4.69, 9.17) is 16.3 Å². The van der Waals surface area contributed by atoms with Crippen LogP contribution in [0.2, 0.25) is 5.02 Å². The molecule has 2 aromatic carbocycles. The minimum atomic E-state index is -3.44. The van der Waals surface area contributed by atoms with Gasteiger partial charge in [-0.15, -0.1) is 0 Å². The van der Waals surface area contributed by atoms with Crippen LogP contribution in [-0.2, 0) is 10.0 Å². The van der Waals surface area contributed by atoms with E-state index in [0.29, 0.717) is 23.7 Å². The fraction of sp³-hybridized carbons (Fsp3) is 0.320. The van der Waals surface area contributed by atoms with Gasteiger partial charge in [0.25, 0.3) is 0 Å². The Balaban J connectivity index is 1.60. The lowest BCUT2D eigenvalue weighted by molar-refractivity contribution is 0.330. The van der Waals surface area contributed by atoms with E-state index in [2.05, 4.69) is 15.0 Å². The van der Waals surface area contributed by atoms with E-state index in [1.165, 1.54) is 11.1 Å². The predicted molar refractivity (Wildman–Crippen MR) is 136 cm³/mol. The van der Waals surface area contributed by atoms with Crippen molar-refractivity contribution in [1.82, 2.24) is 10.3 Å². The van der Waals surface area contributed by atoms with Crippen LogP contribution in [0.4, 0.5) is 5.69 Å². The number of sulfonamides is 1. The quantitative estimate of drug-likeness (QED) is 0.482. The Labute approximate surface area is 200 Å². The number of rotatable bonds is 7. The number of fused-ring (bicyclic) bond motifs is 1. The summed E-state index contributed by atoms with van der Waals surface area (Å²) in [5.41, 5.74) is 5.78. The smallest absolute Gasteiger partial charge is 0.229 e. The van der Waals surface area contributed by atoms with Crippen LogP contribution in [0.1, 0.15) is 30.5 Å². The second-order valence-electron chi connectivity index (χ2n) is 8.27. The maximum absolute atomic E-state index is 11.8. The molecule has 0 amide bonds. The van der Waals surface area contributed by atoms with E-state index < -0.39 is 10.0 Å². The Morgan fingerprint density at radius 2 is 1.94 bits per heavy atom.